The zero-order valence-electron chi connectivity index (χ0n) is 7.70. The Bertz CT molecular complexity index is 256. The Labute approximate surface area is 76.3 Å². The van der Waals surface area contributed by atoms with E-state index in [0.29, 0.717) is 6.42 Å². The van der Waals surface area contributed by atoms with Crippen LogP contribution in [0.5, 0.6) is 0 Å². The maximum Gasteiger partial charge on any atom is 0.317 e. The Morgan fingerprint density at radius 3 is 2.62 bits per heavy atom. The second-order valence-corrected chi connectivity index (χ2v) is 3.20. The van der Waals surface area contributed by atoms with Crippen LogP contribution in [0.15, 0.2) is 0 Å². The van der Waals surface area contributed by atoms with Crippen LogP contribution in [0.25, 0.3) is 0 Å². The van der Waals surface area contributed by atoms with E-state index in [1.165, 1.54) is 6.92 Å². The van der Waals surface area contributed by atoms with Gasteiger partial charge in [-0.05, 0) is 6.42 Å². The van der Waals surface area contributed by atoms with Crippen molar-refractivity contribution in [2.45, 2.75) is 20.3 Å². The minimum Gasteiger partial charge on any atom is -0.465 e. The number of hydrogen-bond acceptors (Lipinski definition) is 4. The molecule has 0 bridgehead atoms. The third kappa shape index (κ3) is 1.76. The van der Waals surface area contributed by atoms with Gasteiger partial charge in [-0.25, -0.2) is 0 Å². The van der Waals surface area contributed by atoms with Crippen molar-refractivity contribution >= 4 is 17.5 Å². The van der Waals surface area contributed by atoms with Gasteiger partial charge < -0.3 is 4.74 Å². The zero-order chi connectivity index (χ0) is 10.0. The molecule has 0 spiro atoms. The van der Waals surface area contributed by atoms with Crippen LogP contribution in [0.2, 0.25) is 0 Å². The first-order valence-corrected chi connectivity index (χ1v) is 4.29. The standard InChI is InChI=1S/C9H12O4/c1-3-6-4-13-9(12)7(6)8(11)5(2)10/h6-7H,3-4H2,1-2H3. The third-order valence-electron chi connectivity index (χ3n) is 2.32. The fourth-order valence-corrected chi connectivity index (χ4v) is 1.46. The van der Waals surface area contributed by atoms with Crippen molar-refractivity contribution in [2.24, 2.45) is 11.8 Å². The Morgan fingerprint density at radius 2 is 2.15 bits per heavy atom. The summed E-state index contributed by atoms with van der Waals surface area (Å²) in [6.07, 6.45) is 0.676. The Hall–Kier alpha value is -1.19. The number of rotatable bonds is 3. The van der Waals surface area contributed by atoms with E-state index in [1.54, 1.807) is 0 Å². The van der Waals surface area contributed by atoms with Crippen LogP contribution in [0.4, 0.5) is 0 Å². The molecule has 1 rings (SSSR count). The summed E-state index contributed by atoms with van der Waals surface area (Å²) in [5.41, 5.74) is 0. The van der Waals surface area contributed by atoms with Crippen molar-refractivity contribution in [1.82, 2.24) is 0 Å². The van der Waals surface area contributed by atoms with E-state index in [9.17, 15) is 14.4 Å². The molecule has 0 radical (unpaired) electrons. The molecule has 4 heteroatoms. The molecule has 0 aromatic rings. The Balaban J connectivity index is 2.81. The highest BCUT2D eigenvalue weighted by molar-refractivity contribution is 6.40. The molecule has 0 saturated carbocycles. The lowest BCUT2D eigenvalue weighted by molar-refractivity contribution is -0.148. The first-order valence-electron chi connectivity index (χ1n) is 4.29. The predicted octanol–water partition coefficient (Wildman–Crippen LogP) is 0.344. The van der Waals surface area contributed by atoms with E-state index in [1.807, 2.05) is 6.92 Å². The summed E-state index contributed by atoms with van der Waals surface area (Å²) in [5.74, 6) is -2.70. The van der Waals surface area contributed by atoms with Crippen molar-refractivity contribution in [3.63, 3.8) is 0 Å². The van der Waals surface area contributed by atoms with Crippen LogP contribution in [-0.2, 0) is 19.1 Å². The van der Waals surface area contributed by atoms with E-state index < -0.39 is 23.5 Å². The normalized spacial score (nSPS) is 27.1. The Morgan fingerprint density at radius 1 is 1.54 bits per heavy atom. The average Bonchev–Trinajstić information content (AvgIpc) is 2.45. The van der Waals surface area contributed by atoms with Gasteiger partial charge in [0, 0.05) is 12.8 Å². The van der Waals surface area contributed by atoms with Crippen LogP contribution in [0.1, 0.15) is 20.3 Å². The van der Waals surface area contributed by atoms with Gasteiger partial charge in [0.25, 0.3) is 0 Å². The third-order valence-corrected chi connectivity index (χ3v) is 2.32. The number of Topliss-reactive ketones (excluding diaryl/α,β-unsaturated/α-hetero) is 2. The highest BCUT2D eigenvalue weighted by atomic mass is 16.5. The molecular weight excluding hydrogens is 172 g/mol. The molecule has 72 valence electrons. The topological polar surface area (TPSA) is 60.4 Å². The van der Waals surface area contributed by atoms with Crippen LogP contribution in [0.3, 0.4) is 0 Å². The van der Waals surface area contributed by atoms with Crippen LogP contribution >= 0.6 is 0 Å². The molecule has 1 fully saturated rings. The van der Waals surface area contributed by atoms with Crippen molar-refractivity contribution < 1.29 is 19.1 Å². The molecule has 0 aromatic heterocycles. The molecule has 0 aromatic carbocycles. The molecule has 0 amide bonds. The fraction of sp³-hybridized carbons (Fsp3) is 0.667. The summed E-state index contributed by atoms with van der Waals surface area (Å²) in [5, 5.41) is 0. The fourth-order valence-electron chi connectivity index (χ4n) is 1.46. The number of carbonyl (C=O) groups is 3. The van der Waals surface area contributed by atoms with Gasteiger partial charge in [0.1, 0.15) is 5.92 Å². The molecule has 0 N–H and O–H groups in total. The number of esters is 1. The summed E-state index contributed by atoms with van der Waals surface area (Å²) in [6, 6.07) is 0. The maximum atomic E-state index is 11.3. The first kappa shape index (κ1) is 9.89. The second-order valence-electron chi connectivity index (χ2n) is 3.20. The van der Waals surface area contributed by atoms with E-state index in [0.717, 1.165) is 0 Å². The highest BCUT2D eigenvalue weighted by Crippen LogP contribution is 2.25. The summed E-state index contributed by atoms with van der Waals surface area (Å²) >= 11 is 0. The smallest absolute Gasteiger partial charge is 0.317 e. The summed E-state index contributed by atoms with van der Waals surface area (Å²) < 4.78 is 4.73. The van der Waals surface area contributed by atoms with Gasteiger partial charge in [0.15, 0.2) is 5.78 Å². The summed E-state index contributed by atoms with van der Waals surface area (Å²) in [7, 11) is 0. The molecular formula is C9H12O4. The summed E-state index contributed by atoms with van der Waals surface area (Å²) in [4.78, 5) is 33.1. The molecule has 2 unspecified atom stereocenters. The lowest BCUT2D eigenvalue weighted by atomic mass is 9.88. The van der Waals surface area contributed by atoms with Crippen LogP contribution < -0.4 is 0 Å². The average molecular weight is 184 g/mol. The van der Waals surface area contributed by atoms with Crippen LogP contribution in [0, 0.1) is 11.8 Å². The lowest BCUT2D eigenvalue weighted by Gasteiger charge is -2.08. The SMILES string of the molecule is CCC1COC(=O)C1C(=O)C(C)=O. The Kier molecular flexibility index (Phi) is 2.80. The zero-order valence-corrected chi connectivity index (χ0v) is 7.70. The molecule has 13 heavy (non-hydrogen) atoms. The largest absolute Gasteiger partial charge is 0.465 e. The van der Waals surface area contributed by atoms with Crippen molar-refractivity contribution in [3.8, 4) is 0 Å². The van der Waals surface area contributed by atoms with E-state index >= 15 is 0 Å². The van der Waals surface area contributed by atoms with Crippen molar-refractivity contribution in [2.75, 3.05) is 6.61 Å². The summed E-state index contributed by atoms with van der Waals surface area (Å²) in [6.45, 7) is 3.31. The van der Waals surface area contributed by atoms with Crippen molar-refractivity contribution in [3.05, 3.63) is 0 Å². The van der Waals surface area contributed by atoms with Crippen molar-refractivity contribution in [1.29, 1.82) is 0 Å². The number of carbonyl (C=O) groups excluding carboxylic acids is 3. The van der Waals surface area contributed by atoms with Gasteiger partial charge in [-0.2, -0.15) is 0 Å². The lowest BCUT2D eigenvalue weighted by Crippen LogP contribution is -2.30. The quantitative estimate of drug-likeness (QED) is 0.360. The van der Waals surface area contributed by atoms with Gasteiger partial charge in [-0.3, -0.25) is 14.4 Å². The molecule has 1 aliphatic rings. The molecule has 0 aliphatic carbocycles. The monoisotopic (exact) mass is 184 g/mol. The van der Waals surface area contributed by atoms with Gasteiger partial charge in [-0.15, -0.1) is 0 Å². The van der Waals surface area contributed by atoms with E-state index in [2.05, 4.69) is 0 Å². The molecule has 4 nitrogen and oxygen atoms in total. The minimum atomic E-state index is -0.845. The van der Waals surface area contributed by atoms with Crippen LogP contribution in [-0.4, -0.2) is 24.1 Å². The number of hydrogen-bond donors (Lipinski definition) is 0. The molecule has 1 aliphatic heterocycles. The molecule has 1 heterocycles. The number of ether oxygens (including phenoxy) is 1. The van der Waals surface area contributed by atoms with Gasteiger partial charge >= 0.3 is 5.97 Å². The molecule has 1 saturated heterocycles. The van der Waals surface area contributed by atoms with E-state index in [4.69, 9.17) is 4.74 Å². The molecule has 2 atom stereocenters. The maximum absolute atomic E-state index is 11.3. The number of ketones is 2. The van der Waals surface area contributed by atoms with Gasteiger partial charge in [0.2, 0.25) is 5.78 Å². The number of cyclic esters (lactones) is 1. The van der Waals surface area contributed by atoms with E-state index in [-0.39, 0.29) is 12.5 Å². The van der Waals surface area contributed by atoms with Gasteiger partial charge in [0.05, 0.1) is 6.61 Å². The highest BCUT2D eigenvalue weighted by Gasteiger charge is 2.42. The minimum absolute atomic E-state index is 0.121. The first-order chi connectivity index (χ1) is 6.07. The predicted molar refractivity (Wildman–Crippen MR) is 43.9 cm³/mol. The van der Waals surface area contributed by atoms with Gasteiger partial charge in [-0.1, -0.05) is 6.92 Å². The second kappa shape index (κ2) is 3.68.